The Hall–Kier alpha value is -2.20. The van der Waals surface area contributed by atoms with Gasteiger partial charge in [0.05, 0.1) is 24.6 Å². The van der Waals surface area contributed by atoms with Crippen molar-refractivity contribution in [2.24, 2.45) is 0 Å². The van der Waals surface area contributed by atoms with Crippen LogP contribution in [0.5, 0.6) is 0 Å². The molecule has 0 heterocycles. The average Bonchev–Trinajstić information content (AvgIpc) is 2.65. The zero-order chi connectivity index (χ0) is 24.1. The molecular formula is C22H32F4N2O4. The van der Waals surface area contributed by atoms with Crippen molar-refractivity contribution in [2.75, 3.05) is 27.2 Å². The number of hydrogen-bond acceptors (Lipinski definition) is 4. The SMILES string of the molecule is CN(C)C[C@@H](CC(=O)O)NC(=O)CCCCCCCOCc1ccc(C(F)(F)F)cc1F. The second kappa shape index (κ2) is 14.1. The van der Waals surface area contributed by atoms with Gasteiger partial charge in [-0.3, -0.25) is 9.59 Å². The first-order chi connectivity index (χ1) is 15.0. The van der Waals surface area contributed by atoms with E-state index in [9.17, 15) is 27.2 Å². The van der Waals surface area contributed by atoms with Gasteiger partial charge in [0.2, 0.25) is 5.91 Å². The molecule has 32 heavy (non-hydrogen) atoms. The minimum absolute atomic E-state index is 0.0829. The van der Waals surface area contributed by atoms with Crippen LogP contribution >= 0.6 is 0 Å². The fraction of sp³-hybridized carbons (Fsp3) is 0.636. The summed E-state index contributed by atoms with van der Waals surface area (Å²) in [5, 5.41) is 11.7. The summed E-state index contributed by atoms with van der Waals surface area (Å²) < 4.78 is 56.6. The molecule has 0 radical (unpaired) electrons. The highest BCUT2D eigenvalue weighted by Gasteiger charge is 2.31. The lowest BCUT2D eigenvalue weighted by Gasteiger charge is -2.20. The Bertz CT molecular complexity index is 726. The molecule has 0 saturated heterocycles. The lowest BCUT2D eigenvalue weighted by Crippen LogP contribution is -2.42. The third-order valence-electron chi connectivity index (χ3n) is 4.70. The number of aliphatic carboxylic acids is 1. The van der Waals surface area contributed by atoms with E-state index in [0.717, 1.165) is 37.8 Å². The Balaban J connectivity index is 2.14. The number of halogens is 4. The number of unbranched alkanes of at least 4 members (excludes halogenated alkanes) is 4. The maximum absolute atomic E-state index is 13.7. The molecule has 1 rings (SSSR count). The number of carboxylic acid groups (broad SMARTS) is 1. The molecule has 0 unspecified atom stereocenters. The second-order valence-electron chi connectivity index (χ2n) is 8.00. The molecule has 2 N–H and O–H groups in total. The van der Waals surface area contributed by atoms with Gasteiger partial charge in [0, 0.05) is 25.1 Å². The highest BCUT2D eigenvalue weighted by Crippen LogP contribution is 2.30. The zero-order valence-corrected chi connectivity index (χ0v) is 18.5. The van der Waals surface area contributed by atoms with Gasteiger partial charge in [-0.2, -0.15) is 13.2 Å². The number of rotatable bonds is 15. The number of benzene rings is 1. The van der Waals surface area contributed by atoms with Gasteiger partial charge in [-0.15, -0.1) is 0 Å². The maximum Gasteiger partial charge on any atom is 0.416 e. The smallest absolute Gasteiger partial charge is 0.416 e. The third kappa shape index (κ3) is 12.0. The molecule has 0 aliphatic carbocycles. The van der Waals surface area contributed by atoms with Gasteiger partial charge in [0.15, 0.2) is 0 Å². The van der Waals surface area contributed by atoms with Crippen molar-refractivity contribution in [1.29, 1.82) is 0 Å². The number of nitrogens with zero attached hydrogens (tertiary/aromatic N) is 1. The van der Waals surface area contributed by atoms with Gasteiger partial charge in [-0.25, -0.2) is 4.39 Å². The van der Waals surface area contributed by atoms with Crippen molar-refractivity contribution in [1.82, 2.24) is 10.2 Å². The van der Waals surface area contributed by atoms with E-state index in [1.807, 2.05) is 19.0 Å². The average molecular weight is 465 g/mol. The number of nitrogens with one attached hydrogen (secondary N) is 1. The number of alkyl halides is 3. The van der Waals surface area contributed by atoms with Gasteiger partial charge in [-0.05, 0) is 39.1 Å². The van der Waals surface area contributed by atoms with Gasteiger partial charge in [0.25, 0.3) is 0 Å². The standard InChI is InChI=1S/C22H32F4N2O4/c1-28(2)14-18(13-21(30)31)27-20(29)8-6-4-3-5-7-11-32-15-16-9-10-17(12-19(16)23)22(24,25)26/h9-10,12,18H,3-8,11,13-15H2,1-2H3,(H,27,29)(H,30,31)/t18-/m1/s1. The van der Waals surface area contributed by atoms with E-state index < -0.39 is 29.6 Å². The van der Waals surface area contributed by atoms with Crippen LogP contribution in [-0.4, -0.2) is 55.2 Å². The number of likely N-dealkylation sites (N-methyl/N-ethyl adjacent to an activating group) is 1. The Labute approximate surface area is 185 Å². The maximum atomic E-state index is 13.7. The largest absolute Gasteiger partial charge is 0.481 e. The van der Waals surface area contributed by atoms with Crippen molar-refractivity contribution in [2.45, 2.75) is 63.8 Å². The summed E-state index contributed by atoms with van der Waals surface area (Å²) in [5.74, 6) is -2.06. The first-order valence-electron chi connectivity index (χ1n) is 10.6. The summed E-state index contributed by atoms with van der Waals surface area (Å²) in [4.78, 5) is 24.7. The molecule has 0 spiro atoms. The highest BCUT2D eigenvalue weighted by atomic mass is 19.4. The van der Waals surface area contributed by atoms with Crippen LogP contribution in [0.2, 0.25) is 0 Å². The summed E-state index contributed by atoms with van der Waals surface area (Å²) >= 11 is 0. The summed E-state index contributed by atoms with van der Waals surface area (Å²) in [6.45, 7) is 0.728. The second-order valence-corrected chi connectivity index (χ2v) is 8.00. The number of ether oxygens (including phenoxy) is 1. The van der Waals surface area contributed by atoms with Crippen LogP contribution in [0, 0.1) is 5.82 Å². The van der Waals surface area contributed by atoms with Crippen LogP contribution in [0.15, 0.2) is 18.2 Å². The summed E-state index contributed by atoms with van der Waals surface area (Å²) in [5.41, 5.74) is -0.943. The lowest BCUT2D eigenvalue weighted by molar-refractivity contribution is -0.138. The molecule has 0 fully saturated rings. The molecule has 182 valence electrons. The van der Waals surface area contributed by atoms with Crippen molar-refractivity contribution >= 4 is 11.9 Å². The van der Waals surface area contributed by atoms with E-state index in [4.69, 9.17) is 9.84 Å². The van der Waals surface area contributed by atoms with E-state index in [2.05, 4.69) is 5.32 Å². The number of hydrogen-bond donors (Lipinski definition) is 2. The fourth-order valence-corrected chi connectivity index (χ4v) is 3.16. The van der Waals surface area contributed by atoms with Crippen molar-refractivity contribution in [3.8, 4) is 0 Å². The van der Waals surface area contributed by atoms with Gasteiger partial charge in [0.1, 0.15) is 5.82 Å². The summed E-state index contributed by atoms with van der Waals surface area (Å²) in [6, 6.07) is 1.96. The van der Waals surface area contributed by atoms with E-state index >= 15 is 0 Å². The molecule has 10 heteroatoms. The molecule has 1 aromatic rings. The van der Waals surface area contributed by atoms with E-state index in [1.54, 1.807) is 0 Å². The fourth-order valence-electron chi connectivity index (χ4n) is 3.16. The molecule has 0 bridgehead atoms. The summed E-state index contributed by atoms with van der Waals surface area (Å²) in [6.07, 6.45) is -0.414. The quantitative estimate of drug-likeness (QED) is 0.300. The van der Waals surface area contributed by atoms with Crippen LogP contribution in [0.4, 0.5) is 17.6 Å². The Morgan fingerprint density at radius 2 is 1.78 bits per heavy atom. The van der Waals surface area contributed by atoms with Gasteiger partial charge >= 0.3 is 12.1 Å². The number of amides is 1. The minimum atomic E-state index is -4.58. The number of carbonyl (C=O) groups excluding carboxylic acids is 1. The van der Waals surface area contributed by atoms with Crippen LogP contribution in [0.1, 0.15) is 56.1 Å². The minimum Gasteiger partial charge on any atom is -0.481 e. The van der Waals surface area contributed by atoms with Crippen LogP contribution in [0.3, 0.4) is 0 Å². The van der Waals surface area contributed by atoms with Gasteiger partial charge in [-0.1, -0.05) is 25.3 Å². The Morgan fingerprint density at radius 1 is 1.12 bits per heavy atom. The molecule has 1 amide bonds. The zero-order valence-electron chi connectivity index (χ0n) is 18.5. The first kappa shape index (κ1) is 27.8. The highest BCUT2D eigenvalue weighted by molar-refractivity contribution is 5.77. The van der Waals surface area contributed by atoms with Crippen LogP contribution in [-0.2, 0) is 27.1 Å². The van der Waals surface area contributed by atoms with E-state index in [1.165, 1.54) is 0 Å². The Kier molecular flexibility index (Phi) is 12.2. The third-order valence-corrected chi connectivity index (χ3v) is 4.70. The van der Waals surface area contributed by atoms with Crippen molar-refractivity contribution in [3.63, 3.8) is 0 Å². The van der Waals surface area contributed by atoms with Crippen molar-refractivity contribution < 1.29 is 37.0 Å². The van der Waals surface area contributed by atoms with Crippen molar-refractivity contribution in [3.05, 3.63) is 35.1 Å². The molecule has 0 aliphatic heterocycles. The number of carboxylic acids is 1. The Morgan fingerprint density at radius 3 is 2.38 bits per heavy atom. The van der Waals surface area contributed by atoms with Gasteiger partial charge < -0.3 is 20.1 Å². The van der Waals surface area contributed by atoms with Crippen LogP contribution < -0.4 is 5.32 Å². The molecule has 0 aliphatic rings. The molecule has 1 aromatic carbocycles. The number of carbonyl (C=O) groups is 2. The molecule has 0 saturated carbocycles. The predicted octanol–water partition coefficient (Wildman–Crippen LogP) is 4.22. The lowest BCUT2D eigenvalue weighted by atomic mass is 10.1. The normalized spacial score (nSPS) is 12.7. The van der Waals surface area contributed by atoms with E-state index in [-0.39, 0.29) is 24.5 Å². The molecule has 1 atom stereocenters. The molecule has 6 nitrogen and oxygen atoms in total. The summed E-state index contributed by atoms with van der Waals surface area (Å²) in [7, 11) is 3.62. The monoisotopic (exact) mass is 464 g/mol. The predicted molar refractivity (Wildman–Crippen MR) is 111 cm³/mol. The topological polar surface area (TPSA) is 78.9 Å². The van der Waals surface area contributed by atoms with Crippen LogP contribution in [0.25, 0.3) is 0 Å². The molecular weight excluding hydrogens is 432 g/mol. The first-order valence-corrected chi connectivity index (χ1v) is 10.6. The molecule has 0 aromatic heterocycles. The van der Waals surface area contributed by atoms with E-state index in [0.29, 0.717) is 32.1 Å².